The van der Waals surface area contributed by atoms with E-state index in [-0.39, 0.29) is 10.5 Å². The van der Waals surface area contributed by atoms with Gasteiger partial charge in [0.2, 0.25) is 0 Å². The van der Waals surface area contributed by atoms with Gasteiger partial charge in [-0.15, -0.1) is 0 Å². The Hall–Kier alpha value is -4.31. The lowest BCUT2D eigenvalue weighted by molar-refractivity contribution is 0.419. The molecule has 6 aromatic rings. The van der Waals surface area contributed by atoms with Crippen LogP contribution in [-0.2, 0) is 10.5 Å². The number of ether oxygens (including phenoxy) is 1. The first kappa shape index (κ1) is 33.8. The zero-order valence-corrected chi connectivity index (χ0v) is 33.5. The Kier molecular flexibility index (Phi) is 7.87. The molecule has 0 amide bonds. The molecule has 2 aliphatic heterocycles. The van der Waals surface area contributed by atoms with Crippen molar-refractivity contribution in [3.8, 4) is 44.9 Å². The molecule has 6 aromatic carbocycles. The summed E-state index contributed by atoms with van der Waals surface area (Å²) in [6.07, 6.45) is 0. The first-order valence-corrected chi connectivity index (χ1v) is 22.1. The van der Waals surface area contributed by atoms with Gasteiger partial charge in [0, 0.05) is 31.9 Å². The van der Waals surface area contributed by atoms with Gasteiger partial charge in [0.25, 0.3) is 0 Å². The Bertz CT molecular complexity index is 2390. The first-order chi connectivity index (χ1) is 24.2. The minimum Gasteiger partial charge on any atom is -0.456 e. The van der Waals surface area contributed by atoms with Crippen LogP contribution >= 0.6 is 11.8 Å². The van der Waals surface area contributed by atoms with Crippen LogP contribution in [0.15, 0.2) is 119 Å². The van der Waals surface area contributed by atoms with Crippen LogP contribution in [0.2, 0.25) is 13.1 Å². The van der Waals surface area contributed by atoms with E-state index in [1.54, 1.807) is 5.19 Å². The van der Waals surface area contributed by atoms with Crippen molar-refractivity contribution in [1.29, 1.82) is 0 Å². The highest BCUT2D eigenvalue weighted by Gasteiger charge is 2.46. The Morgan fingerprint density at radius 1 is 0.529 bits per heavy atom. The van der Waals surface area contributed by atoms with E-state index in [1.165, 1.54) is 76.6 Å². The van der Waals surface area contributed by atoms with Gasteiger partial charge < -0.3 is 4.74 Å². The first-order valence-electron chi connectivity index (χ1n) is 18.3. The summed E-state index contributed by atoms with van der Waals surface area (Å²) in [7, 11) is -1.95. The third-order valence-corrected chi connectivity index (χ3v) is 19.2. The van der Waals surface area contributed by atoms with E-state index in [4.69, 9.17) is 4.74 Å². The molecule has 0 saturated heterocycles. The van der Waals surface area contributed by atoms with Crippen LogP contribution in [0.25, 0.3) is 33.4 Å². The Morgan fingerprint density at radius 3 is 1.76 bits per heavy atom. The van der Waals surface area contributed by atoms with Crippen LogP contribution < -0.4 is 9.92 Å². The molecule has 0 aliphatic carbocycles. The summed E-state index contributed by atoms with van der Waals surface area (Å²) < 4.78 is 6.79. The van der Waals surface area contributed by atoms with Gasteiger partial charge in [0.05, 0.1) is 8.07 Å². The van der Waals surface area contributed by atoms with E-state index in [0.717, 1.165) is 17.1 Å². The molecule has 51 heavy (non-hydrogen) atoms. The maximum Gasteiger partial charge on any atom is 0.139 e. The molecule has 2 heterocycles. The fourth-order valence-corrected chi connectivity index (χ4v) is 14.0. The van der Waals surface area contributed by atoms with Gasteiger partial charge in [-0.05, 0) is 106 Å². The highest BCUT2D eigenvalue weighted by Crippen LogP contribution is 2.53. The molecule has 8 rings (SSSR count). The standard InChI is InChI=1S/C48H48OSSi/c1-29-25-27-33(31(3)43(29)35-17-15-21-39-45(35)49-40-22-13-11-19-37(40)47(39,5)6)34-28-26-30(2)44(32(34)4)36-18-16-24-42-46(36)50-41-23-14-12-20-38(41)48(7,8)51(42,9)10/h11-28H,1-10H3. The van der Waals surface area contributed by atoms with Gasteiger partial charge in [-0.1, -0.05) is 150 Å². The quantitative estimate of drug-likeness (QED) is 0.170. The molecule has 0 N–H and O–H groups in total. The fourth-order valence-electron chi connectivity index (χ4n) is 8.96. The van der Waals surface area contributed by atoms with Crippen LogP contribution in [0.5, 0.6) is 11.5 Å². The molecule has 0 saturated carbocycles. The number of para-hydroxylation sites is 2. The van der Waals surface area contributed by atoms with Crippen molar-refractivity contribution in [2.45, 2.75) is 88.7 Å². The molecule has 0 fully saturated rings. The molecular weight excluding hydrogens is 653 g/mol. The Labute approximate surface area is 310 Å². The lowest BCUT2D eigenvalue weighted by Gasteiger charge is -2.40. The summed E-state index contributed by atoms with van der Waals surface area (Å²) >= 11 is 1.98. The Balaban J connectivity index is 1.31. The highest BCUT2D eigenvalue weighted by molar-refractivity contribution is 7.99. The minimum absolute atomic E-state index is 0.0967. The lowest BCUT2D eigenvalue weighted by atomic mass is 9.74. The smallest absolute Gasteiger partial charge is 0.139 e. The molecule has 256 valence electrons. The average molecular weight is 701 g/mol. The van der Waals surface area contributed by atoms with E-state index in [0.29, 0.717) is 0 Å². The van der Waals surface area contributed by atoms with Crippen LogP contribution in [0.3, 0.4) is 0 Å². The second-order valence-corrected chi connectivity index (χ2v) is 22.4. The van der Waals surface area contributed by atoms with Gasteiger partial charge in [0.1, 0.15) is 11.5 Å². The SMILES string of the molecule is Cc1ccc(-c2ccc(C)c(-c3cccc4c3Sc3ccccc3C(C)(C)[Si]4(C)C)c2C)c(C)c1-c1cccc2c1Oc1ccccc1C2(C)C. The predicted octanol–water partition coefficient (Wildman–Crippen LogP) is 13.2. The maximum absolute atomic E-state index is 6.79. The van der Waals surface area contributed by atoms with Crippen molar-refractivity contribution in [1.82, 2.24) is 0 Å². The molecule has 0 aromatic heterocycles. The molecule has 0 bridgehead atoms. The van der Waals surface area contributed by atoms with Gasteiger partial charge >= 0.3 is 0 Å². The normalized spacial score (nSPS) is 16.2. The van der Waals surface area contributed by atoms with Crippen molar-refractivity contribution in [2.24, 2.45) is 0 Å². The number of hydrogen-bond donors (Lipinski definition) is 0. The van der Waals surface area contributed by atoms with Gasteiger partial charge in [-0.3, -0.25) is 0 Å². The van der Waals surface area contributed by atoms with Crippen molar-refractivity contribution in [3.05, 3.63) is 148 Å². The summed E-state index contributed by atoms with van der Waals surface area (Å²) in [4.78, 5) is 2.83. The van der Waals surface area contributed by atoms with Gasteiger partial charge in [0.15, 0.2) is 0 Å². The van der Waals surface area contributed by atoms with Crippen LogP contribution in [0, 0.1) is 27.7 Å². The summed E-state index contributed by atoms with van der Waals surface area (Å²) in [6, 6.07) is 40.7. The lowest BCUT2D eigenvalue weighted by Crippen LogP contribution is -2.57. The van der Waals surface area contributed by atoms with E-state index in [1.807, 2.05) is 11.8 Å². The topological polar surface area (TPSA) is 9.23 Å². The molecule has 3 heteroatoms. The predicted molar refractivity (Wildman–Crippen MR) is 221 cm³/mol. The molecule has 0 atom stereocenters. The number of rotatable bonds is 3. The van der Waals surface area contributed by atoms with Crippen LogP contribution in [0.4, 0.5) is 0 Å². The molecule has 1 nitrogen and oxygen atoms in total. The van der Waals surface area contributed by atoms with E-state index in [2.05, 4.69) is 178 Å². The van der Waals surface area contributed by atoms with Crippen LogP contribution in [0.1, 0.15) is 66.6 Å². The van der Waals surface area contributed by atoms with Gasteiger partial charge in [-0.25, -0.2) is 0 Å². The van der Waals surface area contributed by atoms with E-state index >= 15 is 0 Å². The fraction of sp³-hybridized carbons (Fsp3) is 0.250. The monoisotopic (exact) mass is 700 g/mol. The molecule has 2 aliphatic rings. The van der Waals surface area contributed by atoms with E-state index in [9.17, 15) is 0 Å². The van der Waals surface area contributed by atoms with Crippen molar-refractivity contribution in [2.75, 3.05) is 0 Å². The second kappa shape index (κ2) is 11.9. The molecular formula is C48H48OSSi. The number of benzene rings is 6. The Morgan fingerprint density at radius 2 is 1.08 bits per heavy atom. The van der Waals surface area contributed by atoms with Crippen molar-refractivity contribution in [3.63, 3.8) is 0 Å². The largest absolute Gasteiger partial charge is 0.456 e. The number of hydrogen-bond acceptors (Lipinski definition) is 2. The van der Waals surface area contributed by atoms with Crippen molar-refractivity contribution < 1.29 is 4.74 Å². The number of aryl methyl sites for hydroxylation is 2. The minimum atomic E-state index is -1.95. The highest BCUT2D eigenvalue weighted by atomic mass is 32.2. The van der Waals surface area contributed by atoms with Crippen molar-refractivity contribution >= 4 is 25.0 Å². The maximum atomic E-state index is 6.79. The third-order valence-electron chi connectivity index (χ3n) is 12.7. The zero-order valence-electron chi connectivity index (χ0n) is 31.7. The summed E-state index contributed by atoms with van der Waals surface area (Å²) in [6.45, 7) is 23.9. The molecule has 0 unspecified atom stereocenters. The summed E-state index contributed by atoms with van der Waals surface area (Å²) in [5, 5.41) is 1.65. The van der Waals surface area contributed by atoms with Crippen LogP contribution in [-0.4, -0.2) is 8.07 Å². The third kappa shape index (κ3) is 4.95. The van der Waals surface area contributed by atoms with E-state index < -0.39 is 8.07 Å². The zero-order chi connectivity index (χ0) is 36.0. The second-order valence-electron chi connectivity index (χ2n) is 16.3. The van der Waals surface area contributed by atoms with Gasteiger partial charge in [-0.2, -0.15) is 0 Å². The number of fused-ring (bicyclic) bond motifs is 4. The average Bonchev–Trinajstić information content (AvgIpc) is 3.16. The summed E-state index contributed by atoms with van der Waals surface area (Å²) in [5.74, 6) is 1.93. The molecule has 0 radical (unpaired) electrons. The molecule has 0 spiro atoms. The summed E-state index contributed by atoms with van der Waals surface area (Å²) in [5.41, 5.74) is 16.7.